The Morgan fingerprint density at radius 2 is 2.04 bits per heavy atom. The van der Waals surface area contributed by atoms with Gasteiger partial charge in [0.05, 0.1) is 0 Å². The van der Waals surface area contributed by atoms with Gasteiger partial charge in [-0.25, -0.2) is 4.39 Å². The van der Waals surface area contributed by atoms with E-state index < -0.39 is 5.82 Å². The maximum absolute atomic E-state index is 13.4. The Morgan fingerprint density at radius 1 is 1.27 bits per heavy atom. The van der Waals surface area contributed by atoms with Crippen LogP contribution in [0, 0.1) is 11.7 Å². The summed E-state index contributed by atoms with van der Waals surface area (Å²) >= 11 is 0. The van der Waals surface area contributed by atoms with Crippen LogP contribution in [0.3, 0.4) is 0 Å². The third-order valence-electron chi connectivity index (χ3n) is 5.22. The smallest absolute Gasteiger partial charge is 0.193 e. The van der Waals surface area contributed by atoms with Gasteiger partial charge in [-0.2, -0.15) is 0 Å². The van der Waals surface area contributed by atoms with Gasteiger partial charge >= 0.3 is 0 Å². The first kappa shape index (κ1) is 21.2. The number of hydrogen-bond donors (Lipinski definition) is 2. The van der Waals surface area contributed by atoms with Crippen molar-refractivity contribution in [3.8, 4) is 5.75 Å². The summed E-state index contributed by atoms with van der Waals surface area (Å²) in [6, 6.07) is 4.47. The van der Waals surface area contributed by atoms with Gasteiger partial charge in [0, 0.05) is 33.2 Å². The molecule has 0 aromatic heterocycles. The van der Waals surface area contributed by atoms with Gasteiger partial charge in [0.1, 0.15) is 0 Å². The number of halogens is 2. The van der Waals surface area contributed by atoms with E-state index in [1.54, 1.807) is 13.1 Å². The van der Waals surface area contributed by atoms with Crippen LogP contribution in [0.25, 0.3) is 0 Å². The number of nitrogens with zero attached hydrogens (tertiary/aromatic N) is 3. The Balaban J connectivity index is 0.00000243. The van der Waals surface area contributed by atoms with Gasteiger partial charge in [-0.1, -0.05) is 12.5 Å². The molecule has 1 unspecified atom stereocenters. The lowest BCUT2D eigenvalue weighted by molar-refractivity contribution is 0.198. The average Bonchev–Trinajstić information content (AvgIpc) is 3.08. The second-order valence-electron chi connectivity index (χ2n) is 7.15. The molecule has 7 heteroatoms. The van der Waals surface area contributed by atoms with Gasteiger partial charge in [-0.3, -0.25) is 4.99 Å². The first-order valence-electron chi connectivity index (χ1n) is 9.31. The fraction of sp³-hybridized carbons (Fsp3) is 0.632. The minimum Gasteiger partial charge on any atom is -0.505 e. The molecule has 1 atom stereocenters. The highest BCUT2D eigenvalue weighted by Crippen LogP contribution is 2.20. The fourth-order valence-corrected chi connectivity index (χ4v) is 3.85. The van der Waals surface area contributed by atoms with Gasteiger partial charge < -0.3 is 20.2 Å². The number of phenolic OH excluding ortho intramolecular Hbond substituents is 1. The minimum absolute atomic E-state index is 0. The Morgan fingerprint density at radius 3 is 2.73 bits per heavy atom. The van der Waals surface area contributed by atoms with Crippen molar-refractivity contribution in [1.29, 1.82) is 0 Å². The van der Waals surface area contributed by atoms with Gasteiger partial charge in [-0.15, -0.1) is 24.0 Å². The lowest BCUT2D eigenvalue weighted by Crippen LogP contribution is -2.41. The monoisotopic (exact) mass is 476 g/mol. The summed E-state index contributed by atoms with van der Waals surface area (Å²) in [5.74, 6) is 0.669. The maximum Gasteiger partial charge on any atom is 0.193 e. The number of piperidine rings is 1. The summed E-state index contributed by atoms with van der Waals surface area (Å²) in [5.41, 5.74) is 0.792. The molecular weight excluding hydrogens is 446 g/mol. The predicted octanol–water partition coefficient (Wildman–Crippen LogP) is 3.03. The van der Waals surface area contributed by atoms with Gasteiger partial charge in [-0.05, 0) is 56.0 Å². The molecule has 0 amide bonds. The highest BCUT2D eigenvalue weighted by atomic mass is 127. The summed E-state index contributed by atoms with van der Waals surface area (Å²) in [6.07, 6.45) is 5.25. The minimum atomic E-state index is -0.586. The van der Waals surface area contributed by atoms with Gasteiger partial charge in [0.2, 0.25) is 0 Å². The molecule has 2 saturated heterocycles. The lowest BCUT2D eigenvalue weighted by Gasteiger charge is -2.29. The van der Waals surface area contributed by atoms with E-state index in [0.29, 0.717) is 12.5 Å². The average molecular weight is 476 g/mol. The summed E-state index contributed by atoms with van der Waals surface area (Å²) in [6.45, 7) is 6.22. The van der Waals surface area contributed by atoms with Crippen molar-refractivity contribution in [2.24, 2.45) is 10.9 Å². The molecule has 146 valence electrons. The van der Waals surface area contributed by atoms with Crippen LogP contribution in [-0.2, 0) is 6.54 Å². The quantitative estimate of drug-likeness (QED) is 0.399. The van der Waals surface area contributed by atoms with Crippen molar-refractivity contribution in [3.63, 3.8) is 0 Å². The predicted molar refractivity (Wildman–Crippen MR) is 114 cm³/mol. The highest BCUT2D eigenvalue weighted by molar-refractivity contribution is 14.0. The normalized spacial score (nSPS) is 21.5. The van der Waals surface area contributed by atoms with E-state index >= 15 is 0 Å². The molecule has 2 aliphatic heterocycles. The van der Waals surface area contributed by atoms with Crippen LogP contribution in [-0.4, -0.2) is 60.6 Å². The maximum atomic E-state index is 13.4. The van der Waals surface area contributed by atoms with Crippen molar-refractivity contribution >= 4 is 29.9 Å². The second-order valence-corrected chi connectivity index (χ2v) is 7.15. The number of nitrogens with one attached hydrogen (secondary N) is 1. The zero-order chi connectivity index (χ0) is 17.6. The molecule has 0 saturated carbocycles. The Bertz CT molecular complexity index is 607. The summed E-state index contributed by atoms with van der Waals surface area (Å²) < 4.78 is 13.4. The number of phenols is 1. The van der Waals surface area contributed by atoms with Crippen molar-refractivity contribution in [2.45, 2.75) is 32.2 Å². The lowest BCUT2D eigenvalue weighted by atomic mass is 10.1. The van der Waals surface area contributed by atoms with E-state index in [4.69, 9.17) is 0 Å². The van der Waals surface area contributed by atoms with E-state index in [2.05, 4.69) is 20.1 Å². The summed E-state index contributed by atoms with van der Waals surface area (Å²) in [5, 5.41) is 12.6. The van der Waals surface area contributed by atoms with E-state index in [0.717, 1.165) is 24.6 Å². The summed E-state index contributed by atoms with van der Waals surface area (Å²) in [4.78, 5) is 9.28. The molecule has 0 bridgehead atoms. The van der Waals surface area contributed by atoms with Crippen molar-refractivity contribution in [3.05, 3.63) is 29.6 Å². The number of guanidine groups is 1. The van der Waals surface area contributed by atoms with Crippen molar-refractivity contribution in [1.82, 2.24) is 15.1 Å². The second kappa shape index (κ2) is 10.3. The van der Waals surface area contributed by atoms with Crippen LogP contribution in [0.15, 0.2) is 23.2 Å². The van der Waals surface area contributed by atoms with Gasteiger partial charge in [0.25, 0.3) is 0 Å². The molecule has 0 radical (unpaired) electrons. The molecule has 1 aromatic carbocycles. The van der Waals surface area contributed by atoms with Gasteiger partial charge in [0.15, 0.2) is 17.5 Å². The molecule has 5 nitrogen and oxygen atoms in total. The number of hydrogen-bond acceptors (Lipinski definition) is 3. The number of aliphatic imine (C=N–C) groups is 1. The zero-order valence-corrected chi connectivity index (χ0v) is 17.8. The molecule has 2 N–H and O–H groups in total. The van der Waals surface area contributed by atoms with E-state index in [-0.39, 0.29) is 29.7 Å². The van der Waals surface area contributed by atoms with Crippen molar-refractivity contribution < 1.29 is 9.50 Å². The summed E-state index contributed by atoms with van der Waals surface area (Å²) in [7, 11) is 1.79. The molecule has 1 aromatic rings. The number of aromatic hydroxyl groups is 1. The number of benzene rings is 1. The topological polar surface area (TPSA) is 51.1 Å². The van der Waals surface area contributed by atoms with Crippen LogP contribution in [0.1, 0.15) is 31.2 Å². The van der Waals surface area contributed by atoms with Crippen LogP contribution >= 0.6 is 24.0 Å². The number of likely N-dealkylation sites (tertiary alicyclic amines) is 2. The SMILES string of the molecule is CN=C(NCc1ccc(O)c(F)c1)N1CCC(CN2CCCCC2)C1.I. The van der Waals surface area contributed by atoms with E-state index in [1.165, 1.54) is 57.5 Å². The number of rotatable bonds is 4. The van der Waals surface area contributed by atoms with Crippen LogP contribution in [0.2, 0.25) is 0 Å². The fourth-order valence-electron chi connectivity index (χ4n) is 3.85. The van der Waals surface area contributed by atoms with Crippen LogP contribution in [0.5, 0.6) is 5.75 Å². The largest absolute Gasteiger partial charge is 0.505 e. The molecule has 3 rings (SSSR count). The Hall–Kier alpha value is -1.09. The third kappa shape index (κ3) is 5.70. The first-order chi connectivity index (χ1) is 12.2. The van der Waals surface area contributed by atoms with E-state index in [1.807, 2.05) is 0 Å². The standard InChI is InChI=1S/C19H29FN4O.HI/c1-21-19(22-12-15-5-6-18(25)17(20)11-15)24-10-7-16(14-24)13-23-8-3-2-4-9-23;/h5-6,11,16,25H,2-4,7-10,12-14H2,1H3,(H,21,22);1H. The van der Waals surface area contributed by atoms with Crippen LogP contribution in [0.4, 0.5) is 4.39 Å². The van der Waals surface area contributed by atoms with Crippen molar-refractivity contribution in [2.75, 3.05) is 39.8 Å². The van der Waals surface area contributed by atoms with E-state index in [9.17, 15) is 9.50 Å². The molecule has 2 aliphatic rings. The first-order valence-corrected chi connectivity index (χ1v) is 9.31. The zero-order valence-electron chi connectivity index (χ0n) is 15.5. The Kier molecular flexibility index (Phi) is 8.40. The molecular formula is C19H30FIN4O. The molecule has 2 heterocycles. The molecule has 2 fully saturated rings. The molecule has 0 aliphatic carbocycles. The molecule has 0 spiro atoms. The third-order valence-corrected chi connectivity index (χ3v) is 5.22. The Labute approximate surface area is 172 Å². The van der Waals surface area contributed by atoms with Crippen LogP contribution < -0.4 is 5.32 Å². The molecule has 26 heavy (non-hydrogen) atoms. The highest BCUT2D eigenvalue weighted by Gasteiger charge is 2.26.